The SMILES string of the molecule is Cc1ccc(-n2nc(C(=O)Nc3ccc(Cl)cc3)nc2-c2cccc(Cl)c2)c(C)c1. The van der Waals surface area contributed by atoms with Crippen molar-refractivity contribution in [2.24, 2.45) is 0 Å². The van der Waals surface area contributed by atoms with Crippen molar-refractivity contribution in [1.29, 1.82) is 0 Å². The van der Waals surface area contributed by atoms with E-state index in [0.717, 1.165) is 22.4 Å². The summed E-state index contributed by atoms with van der Waals surface area (Å²) in [5.74, 6) is 0.176. The number of amides is 1. The molecule has 0 atom stereocenters. The van der Waals surface area contributed by atoms with Gasteiger partial charge in [-0.1, -0.05) is 53.0 Å². The van der Waals surface area contributed by atoms with Gasteiger partial charge in [-0.3, -0.25) is 4.79 Å². The Balaban J connectivity index is 1.79. The second-order valence-corrected chi connectivity index (χ2v) is 7.80. The molecule has 7 heteroatoms. The van der Waals surface area contributed by atoms with Crippen molar-refractivity contribution in [1.82, 2.24) is 14.8 Å². The number of benzene rings is 3. The first-order valence-corrected chi connectivity index (χ1v) is 10.0. The molecule has 3 aromatic carbocycles. The minimum absolute atomic E-state index is 0.0555. The van der Waals surface area contributed by atoms with Crippen molar-refractivity contribution >= 4 is 34.8 Å². The molecule has 1 aromatic heterocycles. The first-order valence-electron chi connectivity index (χ1n) is 9.28. The molecule has 0 saturated carbocycles. The molecule has 0 spiro atoms. The van der Waals surface area contributed by atoms with Crippen LogP contribution in [0.4, 0.5) is 5.69 Å². The topological polar surface area (TPSA) is 59.8 Å². The summed E-state index contributed by atoms with van der Waals surface area (Å²) >= 11 is 12.1. The number of nitrogens with one attached hydrogen (secondary N) is 1. The van der Waals surface area contributed by atoms with E-state index < -0.39 is 5.91 Å². The average Bonchev–Trinajstić information content (AvgIpc) is 3.15. The summed E-state index contributed by atoms with van der Waals surface area (Å²) < 4.78 is 1.68. The van der Waals surface area contributed by atoms with Gasteiger partial charge in [-0.2, -0.15) is 0 Å². The van der Waals surface area contributed by atoms with Gasteiger partial charge in [-0.05, 0) is 61.9 Å². The molecule has 0 aliphatic rings. The lowest BCUT2D eigenvalue weighted by molar-refractivity contribution is 0.101. The second kappa shape index (κ2) is 8.30. The number of rotatable bonds is 4. The third kappa shape index (κ3) is 4.22. The fourth-order valence-corrected chi connectivity index (χ4v) is 3.47. The monoisotopic (exact) mass is 436 g/mol. The second-order valence-electron chi connectivity index (χ2n) is 6.93. The fourth-order valence-electron chi connectivity index (χ4n) is 3.15. The molecule has 0 aliphatic heterocycles. The van der Waals surface area contributed by atoms with E-state index >= 15 is 0 Å². The Hall–Kier alpha value is -3.15. The van der Waals surface area contributed by atoms with Gasteiger partial charge in [0.2, 0.25) is 5.82 Å². The Kier molecular flexibility index (Phi) is 5.57. The Labute approximate surface area is 184 Å². The highest BCUT2D eigenvalue weighted by Gasteiger charge is 2.20. The van der Waals surface area contributed by atoms with Gasteiger partial charge in [0.15, 0.2) is 5.82 Å². The number of carbonyl (C=O) groups is 1. The molecule has 0 unspecified atom stereocenters. The number of halogens is 2. The van der Waals surface area contributed by atoms with Gasteiger partial charge in [0, 0.05) is 21.3 Å². The van der Waals surface area contributed by atoms with Crippen LogP contribution in [-0.4, -0.2) is 20.7 Å². The van der Waals surface area contributed by atoms with Gasteiger partial charge in [-0.15, -0.1) is 5.10 Å². The molecule has 5 nitrogen and oxygen atoms in total. The van der Waals surface area contributed by atoms with Crippen molar-refractivity contribution in [3.05, 3.63) is 93.7 Å². The molecule has 1 N–H and O–H groups in total. The summed E-state index contributed by atoms with van der Waals surface area (Å²) in [6.07, 6.45) is 0. The van der Waals surface area contributed by atoms with Gasteiger partial charge in [0.1, 0.15) is 0 Å². The largest absolute Gasteiger partial charge is 0.319 e. The van der Waals surface area contributed by atoms with Crippen molar-refractivity contribution in [2.45, 2.75) is 13.8 Å². The quantitative estimate of drug-likeness (QED) is 0.419. The number of aryl methyl sites for hydroxylation is 2. The highest BCUT2D eigenvalue weighted by molar-refractivity contribution is 6.31. The average molecular weight is 437 g/mol. The third-order valence-electron chi connectivity index (χ3n) is 4.58. The first-order chi connectivity index (χ1) is 14.4. The highest BCUT2D eigenvalue weighted by Crippen LogP contribution is 2.26. The Bertz CT molecular complexity index is 1230. The maximum atomic E-state index is 12.8. The van der Waals surface area contributed by atoms with Gasteiger partial charge in [-0.25, -0.2) is 9.67 Å². The minimum Gasteiger partial charge on any atom is -0.319 e. The predicted molar refractivity (Wildman–Crippen MR) is 121 cm³/mol. The van der Waals surface area contributed by atoms with Crippen LogP contribution in [-0.2, 0) is 0 Å². The van der Waals surface area contributed by atoms with Crippen molar-refractivity contribution in [3.63, 3.8) is 0 Å². The predicted octanol–water partition coefficient (Wildman–Crippen LogP) is 6.11. The van der Waals surface area contributed by atoms with Crippen LogP contribution >= 0.6 is 23.2 Å². The molecular formula is C23H18Cl2N4O. The molecule has 0 radical (unpaired) electrons. The number of carbonyl (C=O) groups excluding carboxylic acids is 1. The molecule has 1 amide bonds. The van der Waals surface area contributed by atoms with Crippen LogP contribution in [0.5, 0.6) is 0 Å². The lowest BCUT2D eigenvalue weighted by Gasteiger charge is -2.10. The molecule has 0 fully saturated rings. The number of aromatic nitrogens is 3. The van der Waals surface area contributed by atoms with Crippen molar-refractivity contribution in [3.8, 4) is 17.1 Å². The highest BCUT2D eigenvalue weighted by atomic mass is 35.5. The smallest absolute Gasteiger partial charge is 0.295 e. The molecule has 1 heterocycles. The number of nitrogens with zero attached hydrogens (tertiary/aromatic N) is 3. The van der Waals surface area contributed by atoms with E-state index in [-0.39, 0.29) is 5.82 Å². The zero-order valence-electron chi connectivity index (χ0n) is 16.4. The van der Waals surface area contributed by atoms with E-state index in [2.05, 4.69) is 21.5 Å². The summed E-state index contributed by atoms with van der Waals surface area (Å²) in [5.41, 5.74) is 4.37. The maximum Gasteiger partial charge on any atom is 0.295 e. The van der Waals surface area contributed by atoms with Crippen molar-refractivity contribution < 1.29 is 4.79 Å². The lowest BCUT2D eigenvalue weighted by Crippen LogP contribution is -2.14. The molecule has 4 rings (SSSR count). The van der Waals surface area contributed by atoms with E-state index in [1.165, 1.54) is 0 Å². The number of hydrogen-bond donors (Lipinski definition) is 1. The Morgan fingerprint density at radius 3 is 2.40 bits per heavy atom. The zero-order chi connectivity index (χ0) is 21.3. The molecule has 0 bridgehead atoms. The molecule has 150 valence electrons. The summed E-state index contributed by atoms with van der Waals surface area (Å²) in [5, 5.41) is 8.49. The Morgan fingerprint density at radius 1 is 0.933 bits per heavy atom. The van der Waals surface area contributed by atoms with Gasteiger partial charge < -0.3 is 5.32 Å². The Morgan fingerprint density at radius 2 is 1.70 bits per heavy atom. The van der Waals surface area contributed by atoms with E-state index in [9.17, 15) is 4.79 Å². The fraction of sp³-hybridized carbons (Fsp3) is 0.0870. The van der Waals surface area contributed by atoms with Crippen LogP contribution in [0, 0.1) is 13.8 Å². The first kappa shape index (κ1) is 20.1. The normalized spacial score (nSPS) is 10.8. The zero-order valence-corrected chi connectivity index (χ0v) is 17.9. The molecule has 30 heavy (non-hydrogen) atoms. The summed E-state index contributed by atoms with van der Waals surface area (Å²) in [6.45, 7) is 4.03. The standard InChI is InChI=1S/C23H18Cl2N4O/c1-14-6-11-20(15(2)12-14)29-22(16-4-3-5-18(25)13-16)27-21(28-29)23(30)26-19-9-7-17(24)8-10-19/h3-13H,1-2H3,(H,26,30). The van der Waals surface area contributed by atoms with E-state index in [1.807, 2.05) is 38.1 Å². The molecule has 4 aromatic rings. The maximum absolute atomic E-state index is 12.8. The van der Waals surface area contributed by atoms with Gasteiger partial charge >= 0.3 is 0 Å². The molecule has 0 aliphatic carbocycles. The van der Waals surface area contributed by atoms with E-state index in [0.29, 0.717) is 21.6 Å². The van der Waals surface area contributed by atoms with Crippen LogP contribution in [0.15, 0.2) is 66.7 Å². The lowest BCUT2D eigenvalue weighted by atomic mass is 10.1. The van der Waals surface area contributed by atoms with Gasteiger partial charge in [0.05, 0.1) is 5.69 Å². The van der Waals surface area contributed by atoms with Crippen molar-refractivity contribution in [2.75, 3.05) is 5.32 Å². The van der Waals surface area contributed by atoms with E-state index in [4.69, 9.17) is 23.2 Å². The summed E-state index contributed by atoms with van der Waals surface area (Å²) in [7, 11) is 0. The van der Waals surface area contributed by atoms with Crippen LogP contribution < -0.4 is 5.32 Å². The van der Waals surface area contributed by atoms with Crippen LogP contribution in [0.2, 0.25) is 10.0 Å². The number of hydrogen-bond acceptors (Lipinski definition) is 3. The minimum atomic E-state index is -0.413. The van der Waals surface area contributed by atoms with Gasteiger partial charge in [0.25, 0.3) is 5.91 Å². The van der Waals surface area contributed by atoms with E-state index in [1.54, 1.807) is 41.1 Å². The van der Waals surface area contributed by atoms with Crippen LogP contribution in [0.3, 0.4) is 0 Å². The third-order valence-corrected chi connectivity index (χ3v) is 5.06. The summed E-state index contributed by atoms with van der Waals surface area (Å²) in [4.78, 5) is 17.4. The number of anilines is 1. The summed E-state index contributed by atoms with van der Waals surface area (Å²) in [6, 6.07) is 20.2. The molecular weight excluding hydrogens is 419 g/mol. The van der Waals surface area contributed by atoms with Crippen LogP contribution in [0.1, 0.15) is 21.7 Å². The molecule has 0 saturated heterocycles. The van der Waals surface area contributed by atoms with Crippen LogP contribution in [0.25, 0.3) is 17.1 Å².